The van der Waals surface area contributed by atoms with E-state index < -0.39 is 0 Å². The Balaban J connectivity index is 1.45. The van der Waals surface area contributed by atoms with Crippen LogP contribution < -0.4 is 14.4 Å². The zero-order valence-electron chi connectivity index (χ0n) is 16.3. The van der Waals surface area contributed by atoms with Crippen LogP contribution in [0.15, 0.2) is 83.8 Å². The molecule has 0 aliphatic carbocycles. The number of rotatable bonds is 6. The third-order valence-electron chi connectivity index (χ3n) is 4.55. The number of carbonyl (C=O) groups is 1. The van der Waals surface area contributed by atoms with Gasteiger partial charge in [0.2, 0.25) is 0 Å². The van der Waals surface area contributed by atoms with Crippen molar-refractivity contribution in [2.75, 3.05) is 12.0 Å². The molecule has 0 spiro atoms. The first-order valence-corrected chi connectivity index (χ1v) is 10.6. The van der Waals surface area contributed by atoms with Crippen LogP contribution in [0.5, 0.6) is 11.5 Å². The van der Waals surface area contributed by atoms with Crippen LogP contribution in [0.1, 0.15) is 11.1 Å². The Morgan fingerprint density at radius 3 is 2.27 bits per heavy atom. The lowest BCUT2D eigenvalue weighted by atomic mass is 10.2. The van der Waals surface area contributed by atoms with Crippen LogP contribution in [0.3, 0.4) is 0 Å². The van der Waals surface area contributed by atoms with E-state index in [0.29, 0.717) is 15.8 Å². The normalized spacial score (nSPS) is 15.0. The van der Waals surface area contributed by atoms with Gasteiger partial charge in [0.1, 0.15) is 18.1 Å². The Morgan fingerprint density at radius 2 is 1.60 bits per heavy atom. The molecule has 6 heteroatoms. The molecule has 4 rings (SSSR count). The summed E-state index contributed by atoms with van der Waals surface area (Å²) in [4.78, 5) is 15.0. The van der Waals surface area contributed by atoms with Crippen molar-refractivity contribution in [3.8, 4) is 11.5 Å². The highest BCUT2D eigenvalue weighted by Crippen LogP contribution is 2.36. The molecular formula is C24H19NO3S2. The molecule has 30 heavy (non-hydrogen) atoms. The second-order valence-corrected chi connectivity index (χ2v) is 8.23. The van der Waals surface area contributed by atoms with E-state index in [1.807, 2.05) is 84.9 Å². The summed E-state index contributed by atoms with van der Waals surface area (Å²) in [5.74, 6) is 1.38. The number of thiocarbonyl (C=S) groups is 1. The van der Waals surface area contributed by atoms with E-state index in [4.69, 9.17) is 21.7 Å². The molecule has 0 bridgehead atoms. The third kappa shape index (κ3) is 4.56. The molecule has 1 aliphatic rings. The van der Waals surface area contributed by atoms with Crippen molar-refractivity contribution < 1.29 is 14.3 Å². The molecule has 0 N–H and O–H groups in total. The number of amides is 1. The maximum atomic E-state index is 12.9. The number of benzene rings is 3. The lowest BCUT2D eigenvalue weighted by Crippen LogP contribution is -2.27. The number of anilines is 1. The van der Waals surface area contributed by atoms with Crippen molar-refractivity contribution in [2.24, 2.45) is 0 Å². The highest BCUT2D eigenvalue weighted by atomic mass is 32.2. The minimum absolute atomic E-state index is 0.125. The van der Waals surface area contributed by atoms with Crippen LogP contribution in [0, 0.1) is 0 Å². The second-order valence-electron chi connectivity index (χ2n) is 6.56. The van der Waals surface area contributed by atoms with Crippen molar-refractivity contribution in [3.05, 3.63) is 94.9 Å². The molecule has 0 atom stereocenters. The Morgan fingerprint density at radius 1 is 0.933 bits per heavy atom. The van der Waals surface area contributed by atoms with Crippen LogP contribution in [0.4, 0.5) is 5.69 Å². The Labute approximate surface area is 185 Å². The smallest absolute Gasteiger partial charge is 0.270 e. The molecule has 150 valence electrons. The largest absolute Gasteiger partial charge is 0.497 e. The maximum absolute atomic E-state index is 12.9. The molecule has 4 nitrogen and oxygen atoms in total. The predicted octanol–water partition coefficient (Wildman–Crippen LogP) is 5.68. The first-order valence-electron chi connectivity index (χ1n) is 9.33. The molecule has 1 aliphatic heterocycles. The molecule has 0 unspecified atom stereocenters. The minimum atomic E-state index is -0.125. The average molecular weight is 434 g/mol. The molecule has 1 amide bonds. The number of methoxy groups -OCH3 is 1. The summed E-state index contributed by atoms with van der Waals surface area (Å²) in [6.45, 7) is 0.515. The van der Waals surface area contributed by atoms with Gasteiger partial charge in [-0.2, -0.15) is 0 Å². The highest BCUT2D eigenvalue weighted by molar-refractivity contribution is 8.27. The number of nitrogens with zero attached hydrogens (tertiary/aromatic N) is 1. The van der Waals surface area contributed by atoms with Gasteiger partial charge in [0.05, 0.1) is 17.7 Å². The summed E-state index contributed by atoms with van der Waals surface area (Å²) in [7, 11) is 1.61. The van der Waals surface area contributed by atoms with E-state index >= 15 is 0 Å². The van der Waals surface area contributed by atoms with E-state index in [-0.39, 0.29) is 5.91 Å². The molecule has 1 saturated heterocycles. The fourth-order valence-corrected chi connectivity index (χ4v) is 4.27. The van der Waals surface area contributed by atoms with Gasteiger partial charge >= 0.3 is 0 Å². The van der Waals surface area contributed by atoms with Crippen LogP contribution in [-0.4, -0.2) is 17.3 Å². The molecule has 0 aromatic heterocycles. The van der Waals surface area contributed by atoms with Crippen molar-refractivity contribution in [3.63, 3.8) is 0 Å². The monoisotopic (exact) mass is 433 g/mol. The second kappa shape index (κ2) is 9.15. The zero-order valence-corrected chi connectivity index (χ0v) is 17.9. The van der Waals surface area contributed by atoms with Gasteiger partial charge in [-0.25, -0.2) is 0 Å². The number of ether oxygens (including phenoxy) is 2. The maximum Gasteiger partial charge on any atom is 0.270 e. The molecule has 0 radical (unpaired) electrons. The summed E-state index contributed by atoms with van der Waals surface area (Å²) < 4.78 is 11.5. The van der Waals surface area contributed by atoms with Gasteiger partial charge in [-0.15, -0.1) is 0 Å². The quantitative estimate of drug-likeness (QED) is 0.369. The molecule has 3 aromatic carbocycles. The fraction of sp³-hybridized carbons (Fsp3) is 0.0833. The molecule has 1 fully saturated rings. The van der Waals surface area contributed by atoms with Gasteiger partial charge in [0.15, 0.2) is 4.32 Å². The standard InChI is InChI=1S/C24H19NO3S2/c1-27-20-13-9-19(10-14-20)25-23(26)22(30-24(25)29)15-17-7-11-21(12-8-17)28-16-18-5-3-2-4-6-18/h2-15H,16H2,1H3/b22-15-. The fourth-order valence-electron chi connectivity index (χ4n) is 2.97. The molecular weight excluding hydrogens is 414 g/mol. The summed E-state index contributed by atoms with van der Waals surface area (Å²) >= 11 is 6.73. The van der Waals surface area contributed by atoms with Gasteiger partial charge in [-0.3, -0.25) is 9.69 Å². The Hall–Kier alpha value is -3.09. The van der Waals surface area contributed by atoms with Gasteiger partial charge in [-0.05, 0) is 53.6 Å². The summed E-state index contributed by atoms with van der Waals surface area (Å²) in [6.07, 6.45) is 1.85. The van der Waals surface area contributed by atoms with E-state index in [2.05, 4.69) is 0 Å². The topological polar surface area (TPSA) is 38.8 Å². The van der Waals surface area contributed by atoms with Gasteiger partial charge in [0, 0.05) is 0 Å². The number of hydrogen-bond acceptors (Lipinski definition) is 5. The van der Waals surface area contributed by atoms with Crippen LogP contribution in [-0.2, 0) is 11.4 Å². The number of thioether (sulfide) groups is 1. The van der Waals surface area contributed by atoms with Crippen LogP contribution in [0.25, 0.3) is 6.08 Å². The van der Waals surface area contributed by atoms with E-state index in [1.165, 1.54) is 11.8 Å². The van der Waals surface area contributed by atoms with Crippen molar-refractivity contribution in [1.29, 1.82) is 0 Å². The lowest BCUT2D eigenvalue weighted by molar-refractivity contribution is -0.113. The zero-order chi connectivity index (χ0) is 20.9. The van der Waals surface area contributed by atoms with Crippen molar-refractivity contribution in [1.82, 2.24) is 0 Å². The first kappa shape index (κ1) is 20.2. The van der Waals surface area contributed by atoms with Crippen LogP contribution in [0.2, 0.25) is 0 Å². The summed E-state index contributed by atoms with van der Waals surface area (Å²) in [5.41, 5.74) is 2.76. The lowest BCUT2D eigenvalue weighted by Gasteiger charge is -2.14. The molecule has 0 saturated carbocycles. The first-order chi connectivity index (χ1) is 14.6. The summed E-state index contributed by atoms with van der Waals surface area (Å²) in [5, 5.41) is 0. The van der Waals surface area contributed by atoms with Crippen LogP contribution >= 0.6 is 24.0 Å². The van der Waals surface area contributed by atoms with E-state index in [1.54, 1.807) is 12.0 Å². The molecule has 1 heterocycles. The van der Waals surface area contributed by atoms with Gasteiger partial charge < -0.3 is 9.47 Å². The molecule has 3 aromatic rings. The Kier molecular flexibility index (Phi) is 6.16. The van der Waals surface area contributed by atoms with Gasteiger partial charge in [-0.1, -0.05) is 66.4 Å². The van der Waals surface area contributed by atoms with E-state index in [9.17, 15) is 4.79 Å². The number of carbonyl (C=O) groups excluding carboxylic acids is 1. The van der Waals surface area contributed by atoms with E-state index in [0.717, 1.165) is 28.3 Å². The predicted molar refractivity (Wildman–Crippen MR) is 126 cm³/mol. The SMILES string of the molecule is COc1ccc(N2C(=O)/C(=C/c3ccc(OCc4ccccc4)cc3)SC2=S)cc1. The Bertz CT molecular complexity index is 1080. The third-order valence-corrected chi connectivity index (χ3v) is 5.85. The van der Waals surface area contributed by atoms with Gasteiger partial charge in [0.25, 0.3) is 5.91 Å². The average Bonchev–Trinajstić information content (AvgIpc) is 3.07. The van der Waals surface area contributed by atoms with Crippen molar-refractivity contribution >= 4 is 46.0 Å². The highest BCUT2D eigenvalue weighted by Gasteiger charge is 2.33. The summed E-state index contributed by atoms with van der Waals surface area (Å²) in [6, 6.07) is 25.0. The number of hydrogen-bond donors (Lipinski definition) is 0. The minimum Gasteiger partial charge on any atom is -0.497 e. The van der Waals surface area contributed by atoms with Crippen molar-refractivity contribution in [2.45, 2.75) is 6.61 Å².